The van der Waals surface area contributed by atoms with Crippen LogP contribution in [0.1, 0.15) is 65.7 Å². The summed E-state index contributed by atoms with van der Waals surface area (Å²) in [6.45, 7) is 7.09. The zero-order valence-corrected chi connectivity index (χ0v) is 9.68. The smallest absolute Gasteiger partial charge is 0.0409 e. The second kappa shape index (κ2) is 5.67. The summed E-state index contributed by atoms with van der Waals surface area (Å²) in [7, 11) is 0. The normalized spacial score (nSPS) is 31.6. The van der Waals surface area contributed by atoms with E-state index in [0.717, 1.165) is 17.8 Å². The second-order valence-corrected chi connectivity index (χ2v) is 5.06. The van der Waals surface area contributed by atoms with Gasteiger partial charge in [0, 0.05) is 0 Å². The average molecular weight is 182 g/mol. The molecule has 78 valence electrons. The molecule has 1 aliphatic carbocycles. The van der Waals surface area contributed by atoms with E-state index >= 15 is 0 Å². The quantitative estimate of drug-likeness (QED) is 0.594. The molecule has 3 atom stereocenters. The topological polar surface area (TPSA) is 0 Å². The Balaban J connectivity index is 2.25. The van der Waals surface area contributed by atoms with Gasteiger partial charge in [-0.3, -0.25) is 0 Å². The molecule has 0 saturated heterocycles. The molecule has 0 nitrogen and oxygen atoms in total. The van der Waals surface area contributed by atoms with Crippen LogP contribution in [0, 0.1) is 17.8 Å². The van der Waals surface area contributed by atoms with Crippen LogP contribution >= 0.6 is 0 Å². The Kier molecular flexibility index (Phi) is 4.83. The largest absolute Gasteiger partial charge is 0.0651 e. The highest BCUT2D eigenvalue weighted by Gasteiger charge is 2.21. The molecule has 0 aromatic rings. The van der Waals surface area contributed by atoms with E-state index in [9.17, 15) is 0 Å². The van der Waals surface area contributed by atoms with Crippen molar-refractivity contribution in [2.75, 3.05) is 0 Å². The number of hydrogen-bond donors (Lipinski definition) is 0. The van der Waals surface area contributed by atoms with Crippen molar-refractivity contribution in [1.29, 1.82) is 0 Å². The predicted octanol–water partition coefficient (Wildman–Crippen LogP) is 4.64. The standard InChI is InChI=1S/C13H26/c1-4-11(3)9-13-8-6-7-12(5-2)10-13/h11-13H,4-10H2,1-3H3. The average Bonchev–Trinajstić information content (AvgIpc) is 2.18. The highest BCUT2D eigenvalue weighted by atomic mass is 14.3. The first kappa shape index (κ1) is 11.1. The number of rotatable bonds is 4. The molecule has 1 aliphatic rings. The fraction of sp³-hybridized carbons (Fsp3) is 1.00. The molecule has 1 saturated carbocycles. The van der Waals surface area contributed by atoms with E-state index in [1.807, 2.05) is 0 Å². The molecule has 13 heavy (non-hydrogen) atoms. The van der Waals surface area contributed by atoms with Crippen LogP contribution in [0.25, 0.3) is 0 Å². The summed E-state index contributed by atoms with van der Waals surface area (Å²) in [4.78, 5) is 0. The predicted molar refractivity (Wildman–Crippen MR) is 59.8 cm³/mol. The Morgan fingerprint density at radius 1 is 1.15 bits per heavy atom. The van der Waals surface area contributed by atoms with Crippen molar-refractivity contribution in [2.24, 2.45) is 17.8 Å². The Bertz CT molecular complexity index is 126. The fourth-order valence-corrected chi connectivity index (χ4v) is 2.72. The minimum atomic E-state index is 0.959. The Morgan fingerprint density at radius 3 is 2.46 bits per heavy atom. The molecule has 0 bridgehead atoms. The summed E-state index contributed by atoms with van der Waals surface area (Å²) in [5.74, 6) is 3.08. The van der Waals surface area contributed by atoms with Crippen molar-refractivity contribution in [1.82, 2.24) is 0 Å². The number of hydrogen-bond acceptors (Lipinski definition) is 0. The fourth-order valence-electron chi connectivity index (χ4n) is 2.72. The van der Waals surface area contributed by atoms with Gasteiger partial charge in [-0.15, -0.1) is 0 Å². The first-order chi connectivity index (χ1) is 6.26. The van der Waals surface area contributed by atoms with Crippen LogP contribution < -0.4 is 0 Å². The molecule has 0 spiro atoms. The first-order valence-corrected chi connectivity index (χ1v) is 6.26. The van der Waals surface area contributed by atoms with Gasteiger partial charge < -0.3 is 0 Å². The van der Waals surface area contributed by atoms with Gasteiger partial charge in [0.25, 0.3) is 0 Å². The summed E-state index contributed by atoms with van der Waals surface area (Å²) in [6, 6.07) is 0. The molecule has 0 heterocycles. The molecule has 3 unspecified atom stereocenters. The summed E-state index contributed by atoms with van der Waals surface area (Å²) < 4.78 is 0. The van der Waals surface area contributed by atoms with Crippen molar-refractivity contribution in [3.05, 3.63) is 0 Å². The van der Waals surface area contributed by atoms with Gasteiger partial charge in [0.15, 0.2) is 0 Å². The van der Waals surface area contributed by atoms with Gasteiger partial charge >= 0.3 is 0 Å². The van der Waals surface area contributed by atoms with Crippen molar-refractivity contribution in [2.45, 2.75) is 65.7 Å². The Hall–Kier alpha value is 0. The maximum atomic E-state index is 2.41. The zero-order chi connectivity index (χ0) is 9.68. The van der Waals surface area contributed by atoms with Crippen LogP contribution in [0.2, 0.25) is 0 Å². The van der Waals surface area contributed by atoms with Gasteiger partial charge in [-0.05, 0) is 30.6 Å². The monoisotopic (exact) mass is 182 g/mol. The minimum absolute atomic E-state index is 0.959. The van der Waals surface area contributed by atoms with E-state index in [4.69, 9.17) is 0 Å². The molecular weight excluding hydrogens is 156 g/mol. The maximum Gasteiger partial charge on any atom is -0.0409 e. The van der Waals surface area contributed by atoms with Gasteiger partial charge in [0.2, 0.25) is 0 Å². The first-order valence-electron chi connectivity index (χ1n) is 6.26. The molecule has 1 fully saturated rings. The molecule has 0 radical (unpaired) electrons. The Morgan fingerprint density at radius 2 is 1.85 bits per heavy atom. The van der Waals surface area contributed by atoms with Crippen LogP contribution in [-0.2, 0) is 0 Å². The lowest BCUT2D eigenvalue weighted by molar-refractivity contribution is 0.225. The molecule has 0 heteroatoms. The van der Waals surface area contributed by atoms with Crippen molar-refractivity contribution in [3.8, 4) is 0 Å². The van der Waals surface area contributed by atoms with Crippen LogP contribution in [0.5, 0.6) is 0 Å². The van der Waals surface area contributed by atoms with E-state index in [0.29, 0.717) is 0 Å². The summed E-state index contributed by atoms with van der Waals surface area (Å²) >= 11 is 0. The summed E-state index contributed by atoms with van der Waals surface area (Å²) in [6.07, 6.45) is 10.3. The van der Waals surface area contributed by atoms with Crippen molar-refractivity contribution in [3.63, 3.8) is 0 Å². The third kappa shape index (κ3) is 3.70. The Labute approximate surface area is 84.1 Å². The lowest BCUT2D eigenvalue weighted by Crippen LogP contribution is -2.17. The third-order valence-corrected chi connectivity index (χ3v) is 3.90. The highest BCUT2D eigenvalue weighted by molar-refractivity contribution is 4.73. The second-order valence-electron chi connectivity index (χ2n) is 5.06. The van der Waals surface area contributed by atoms with Crippen LogP contribution in [-0.4, -0.2) is 0 Å². The zero-order valence-electron chi connectivity index (χ0n) is 9.68. The molecule has 0 N–H and O–H groups in total. The third-order valence-electron chi connectivity index (χ3n) is 3.90. The SMILES string of the molecule is CCC(C)CC1CCCC(CC)C1. The van der Waals surface area contributed by atoms with Gasteiger partial charge in [-0.2, -0.15) is 0 Å². The van der Waals surface area contributed by atoms with Gasteiger partial charge in [0.05, 0.1) is 0 Å². The molecule has 1 rings (SSSR count). The van der Waals surface area contributed by atoms with Crippen LogP contribution in [0.4, 0.5) is 0 Å². The van der Waals surface area contributed by atoms with E-state index < -0.39 is 0 Å². The van der Waals surface area contributed by atoms with E-state index in [2.05, 4.69) is 20.8 Å². The van der Waals surface area contributed by atoms with Crippen molar-refractivity contribution >= 4 is 0 Å². The van der Waals surface area contributed by atoms with Crippen molar-refractivity contribution < 1.29 is 0 Å². The lowest BCUT2D eigenvalue weighted by Gasteiger charge is -2.30. The van der Waals surface area contributed by atoms with Gasteiger partial charge in [0.1, 0.15) is 0 Å². The van der Waals surface area contributed by atoms with Crippen LogP contribution in [0.15, 0.2) is 0 Å². The highest BCUT2D eigenvalue weighted by Crippen LogP contribution is 2.34. The minimum Gasteiger partial charge on any atom is -0.0651 e. The molecular formula is C13H26. The summed E-state index contributed by atoms with van der Waals surface area (Å²) in [5.41, 5.74) is 0. The molecule has 0 aromatic carbocycles. The van der Waals surface area contributed by atoms with E-state index in [-0.39, 0.29) is 0 Å². The maximum absolute atomic E-state index is 2.41. The van der Waals surface area contributed by atoms with E-state index in [1.165, 1.54) is 44.9 Å². The lowest BCUT2D eigenvalue weighted by atomic mass is 9.76. The van der Waals surface area contributed by atoms with Crippen LogP contribution in [0.3, 0.4) is 0 Å². The van der Waals surface area contributed by atoms with Gasteiger partial charge in [-0.25, -0.2) is 0 Å². The summed E-state index contributed by atoms with van der Waals surface area (Å²) in [5, 5.41) is 0. The molecule has 0 amide bonds. The molecule has 0 aromatic heterocycles. The van der Waals surface area contributed by atoms with E-state index in [1.54, 1.807) is 0 Å². The van der Waals surface area contributed by atoms with Gasteiger partial charge in [-0.1, -0.05) is 52.9 Å². The molecule has 0 aliphatic heterocycles.